The summed E-state index contributed by atoms with van der Waals surface area (Å²) in [6, 6.07) is 19.0. The number of carbonyl (C=O) groups is 1. The molecule has 0 radical (unpaired) electrons. The van der Waals surface area contributed by atoms with E-state index >= 15 is 0 Å². The summed E-state index contributed by atoms with van der Waals surface area (Å²) in [5, 5.41) is 4.80. The van der Waals surface area contributed by atoms with Gasteiger partial charge in [-0.15, -0.1) is 0 Å². The van der Waals surface area contributed by atoms with Gasteiger partial charge in [-0.25, -0.2) is 0 Å². The first-order valence-electron chi connectivity index (χ1n) is 7.42. The first-order chi connectivity index (χ1) is 10.6. The van der Waals surface area contributed by atoms with Gasteiger partial charge in [-0.2, -0.15) is 0 Å². The average molecular weight is 292 g/mol. The lowest BCUT2D eigenvalue weighted by atomic mass is 9.94. The molecule has 22 heavy (non-hydrogen) atoms. The molecule has 0 aliphatic rings. The van der Waals surface area contributed by atoms with Crippen molar-refractivity contribution in [2.45, 2.75) is 12.5 Å². The van der Waals surface area contributed by atoms with Crippen molar-refractivity contribution in [3.05, 3.63) is 60.2 Å². The van der Waals surface area contributed by atoms with Crippen LogP contribution in [0.15, 0.2) is 54.6 Å². The summed E-state index contributed by atoms with van der Waals surface area (Å²) in [6.45, 7) is 0. The molecule has 0 spiro atoms. The summed E-state index contributed by atoms with van der Waals surface area (Å²) < 4.78 is 0. The zero-order valence-electron chi connectivity index (χ0n) is 12.9. The number of carbonyl (C=O) groups excluding carboxylic acids is 1. The SMILES string of the molecule is CN(C)C(CC(N)=O)c1cccc2cc3ccccc3cc12. The summed E-state index contributed by atoms with van der Waals surface area (Å²) in [5.41, 5.74) is 6.58. The third-order valence-electron chi connectivity index (χ3n) is 4.16. The number of primary amides is 1. The van der Waals surface area contributed by atoms with Crippen LogP contribution in [0.25, 0.3) is 21.5 Å². The molecule has 0 aliphatic heterocycles. The van der Waals surface area contributed by atoms with E-state index in [0.29, 0.717) is 6.42 Å². The van der Waals surface area contributed by atoms with Gasteiger partial charge in [0.25, 0.3) is 0 Å². The molecule has 1 amide bonds. The molecule has 3 rings (SSSR count). The maximum Gasteiger partial charge on any atom is 0.219 e. The summed E-state index contributed by atoms with van der Waals surface area (Å²) >= 11 is 0. The van der Waals surface area contributed by atoms with Gasteiger partial charge in [0.2, 0.25) is 5.91 Å². The van der Waals surface area contributed by atoms with Crippen LogP contribution in [0.1, 0.15) is 18.0 Å². The molecule has 0 saturated carbocycles. The molecule has 1 unspecified atom stereocenters. The Bertz CT molecular complexity index is 839. The number of nitrogens with zero attached hydrogens (tertiary/aromatic N) is 1. The molecule has 1 atom stereocenters. The molecule has 3 heteroatoms. The lowest BCUT2D eigenvalue weighted by Crippen LogP contribution is -2.26. The fourth-order valence-corrected chi connectivity index (χ4v) is 3.04. The lowest BCUT2D eigenvalue weighted by Gasteiger charge is -2.25. The quantitative estimate of drug-likeness (QED) is 0.748. The minimum atomic E-state index is -0.281. The fourth-order valence-electron chi connectivity index (χ4n) is 3.04. The third-order valence-corrected chi connectivity index (χ3v) is 4.16. The number of benzene rings is 3. The Hall–Kier alpha value is -2.39. The minimum Gasteiger partial charge on any atom is -0.370 e. The Kier molecular flexibility index (Phi) is 3.82. The molecule has 0 heterocycles. The van der Waals surface area contributed by atoms with Gasteiger partial charge in [0.1, 0.15) is 0 Å². The Morgan fingerprint density at radius 3 is 2.27 bits per heavy atom. The molecule has 0 bridgehead atoms. The van der Waals surface area contributed by atoms with Crippen molar-refractivity contribution in [1.29, 1.82) is 0 Å². The Morgan fingerprint density at radius 1 is 1.00 bits per heavy atom. The predicted molar refractivity (Wildman–Crippen MR) is 91.7 cm³/mol. The van der Waals surface area contributed by atoms with Crippen LogP contribution in [-0.2, 0) is 4.79 Å². The van der Waals surface area contributed by atoms with Gasteiger partial charge in [-0.1, -0.05) is 42.5 Å². The number of nitrogens with two attached hydrogens (primary N) is 1. The molecule has 2 N–H and O–H groups in total. The zero-order valence-corrected chi connectivity index (χ0v) is 12.9. The van der Waals surface area contributed by atoms with Gasteiger partial charge in [0, 0.05) is 12.5 Å². The zero-order chi connectivity index (χ0) is 15.7. The van der Waals surface area contributed by atoms with Crippen LogP contribution in [0.5, 0.6) is 0 Å². The smallest absolute Gasteiger partial charge is 0.219 e. The highest BCUT2D eigenvalue weighted by Crippen LogP contribution is 2.32. The topological polar surface area (TPSA) is 46.3 Å². The Morgan fingerprint density at radius 2 is 1.64 bits per heavy atom. The maximum absolute atomic E-state index is 11.4. The second-order valence-electron chi connectivity index (χ2n) is 5.92. The molecule has 0 aliphatic carbocycles. The van der Waals surface area contributed by atoms with E-state index in [2.05, 4.69) is 41.3 Å². The van der Waals surface area contributed by atoms with Crippen LogP contribution in [-0.4, -0.2) is 24.9 Å². The number of amides is 1. The average Bonchev–Trinajstić information content (AvgIpc) is 2.49. The van der Waals surface area contributed by atoms with Crippen LogP contribution in [0.3, 0.4) is 0 Å². The maximum atomic E-state index is 11.4. The number of rotatable bonds is 4. The summed E-state index contributed by atoms with van der Waals surface area (Å²) in [7, 11) is 3.96. The second-order valence-corrected chi connectivity index (χ2v) is 5.92. The van der Waals surface area contributed by atoms with E-state index < -0.39 is 0 Å². The third kappa shape index (κ3) is 2.68. The Labute approximate surface area is 130 Å². The van der Waals surface area contributed by atoms with Gasteiger partial charge in [0.05, 0.1) is 0 Å². The molecule has 0 aromatic heterocycles. The van der Waals surface area contributed by atoms with Crippen LogP contribution in [0, 0.1) is 0 Å². The molecule has 112 valence electrons. The molecular formula is C19H20N2O. The van der Waals surface area contributed by atoms with E-state index in [1.807, 2.05) is 32.3 Å². The van der Waals surface area contributed by atoms with Crippen molar-refractivity contribution in [1.82, 2.24) is 4.90 Å². The van der Waals surface area contributed by atoms with Gasteiger partial charge < -0.3 is 10.6 Å². The number of fused-ring (bicyclic) bond motifs is 2. The largest absolute Gasteiger partial charge is 0.370 e. The van der Waals surface area contributed by atoms with Gasteiger partial charge in [-0.05, 0) is 53.3 Å². The highest BCUT2D eigenvalue weighted by atomic mass is 16.1. The van der Waals surface area contributed by atoms with Crippen molar-refractivity contribution in [2.24, 2.45) is 5.73 Å². The van der Waals surface area contributed by atoms with E-state index in [9.17, 15) is 4.79 Å². The lowest BCUT2D eigenvalue weighted by molar-refractivity contribution is -0.119. The van der Waals surface area contributed by atoms with E-state index in [1.165, 1.54) is 21.5 Å². The summed E-state index contributed by atoms with van der Waals surface area (Å²) in [6.07, 6.45) is 0.318. The molecule has 3 aromatic carbocycles. The van der Waals surface area contributed by atoms with Crippen LogP contribution in [0.2, 0.25) is 0 Å². The van der Waals surface area contributed by atoms with Gasteiger partial charge in [0.15, 0.2) is 0 Å². The van der Waals surface area contributed by atoms with Gasteiger partial charge in [-0.3, -0.25) is 4.79 Å². The summed E-state index contributed by atoms with van der Waals surface area (Å²) in [5.74, 6) is -0.281. The first kappa shape index (κ1) is 14.5. The Balaban J connectivity index is 2.24. The van der Waals surface area contributed by atoms with Crippen LogP contribution in [0.4, 0.5) is 0 Å². The molecule has 0 fully saturated rings. The van der Waals surface area contributed by atoms with Gasteiger partial charge >= 0.3 is 0 Å². The van der Waals surface area contributed by atoms with Crippen LogP contribution < -0.4 is 5.73 Å². The van der Waals surface area contributed by atoms with Crippen molar-refractivity contribution in [2.75, 3.05) is 14.1 Å². The molecular weight excluding hydrogens is 272 g/mol. The standard InChI is InChI=1S/C19H20N2O/c1-21(2)18(12-19(20)22)16-9-5-8-15-10-13-6-3-4-7-14(13)11-17(15)16/h3-11,18H,12H2,1-2H3,(H2,20,22). The van der Waals surface area contributed by atoms with Crippen molar-refractivity contribution >= 4 is 27.5 Å². The molecule has 3 nitrogen and oxygen atoms in total. The van der Waals surface area contributed by atoms with E-state index in [4.69, 9.17) is 5.73 Å². The van der Waals surface area contributed by atoms with E-state index in [1.54, 1.807) is 0 Å². The van der Waals surface area contributed by atoms with E-state index in [0.717, 1.165) is 5.56 Å². The second kappa shape index (κ2) is 5.78. The van der Waals surface area contributed by atoms with Crippen molar-refractivity contribution in [3.8, 4) is 0 Å². The highest BCUT2D eigenvalue weighted by molar-refractivity contribution is 5.99. The predicted octanol–water partition coefficient (Wildman–Crippen LogP) is 3.47. The van der Waals surface area contributed by atoms with Crippen LogP contribution >= 0.6 is 0 Å². The molecule has 3 aromatic rings. The van der Waals surface area contributed by atoms with Crippen molar-refractivity contribution < 1.29 is 4.79 Å². The number of hydrogen-bond donors (Lipinski definition) is 1. The minimum absolute atomic E-state index is 0.0117. The van der Waals surface area contributed by atoms with E-state index in [-0.39, 0.29) is 11.9 Å². The summed E-state index contributed by atoms with van der Waals surface area (Å²) in [4.78, 5) is 13.5. The van der Waals surface area contributed by atoms with Crippen molar-refractivity contribution in [3.63, 3.8) is 0 Å². The first-order valence-corrected chi connectivity index (χ1v) is 7.42. The number of hydrogen-bond acceptors (Lipinski definition) is 2. The normalized spacial score (nSPS) is 12.9. The molecule has 0 saturated heterocycles. The highest BCUT2D eigenvalue weighted by Gasteiger charge is 2.19. The monoisotopic (exact) mass is 292 g/mol. The fraction of sp³-hybridized carbons (Fsp3) is 0.211.